The Morgan fingerprint density at radius 1 is 1.38 bits per heavy atom. The highest BCUT2D eigenvalue weighted by Crippen LogP contribution is 2.31. The second-order valence-corrected chi connectivity index (χ2v) is 5.20. The molecule has 1 saturated carbocycles. The third-order valence-corrected chi connectivity index (χ3v) is 3.56. The van der Waals surface area contributed by atoms with Crippen LogP contribution >= 0.6 is 12.2 Å². The van der Waals surface area contributed by atoms with Crippen molar-refractivity contribution in [3.63, 3.8) is 0 Å². The number of nitrogens with one attached hydrogen (secondary N) is 1. The number of halogens is 2. The zero-order chi connectivity index (χ0) is 15.0. The molecular weight excluding hydrogens is 298 g/mol. The van der Waals surface area contributed by atoms with Crippen molar-refractivity contribution in [2.24, 2.45) is 0 Å². The van der Waals surface area contributed by atoms with Crippen LogP contribution < -0.4 is 10.1 Å². The van der Waals surface area contributed by atoms with Crippen molar-refractivity contribution in [2.45, 2.75) is 25.5 Å². The molecule has 0 aromatic heterocycles. The second-order valence-electron chi connectivity index (χ2n) is 4.81. The largest absolute Gasteiger partial charge is 0.434 e. The quantitative estimate of drug-likeness (QED) is 0.685. The summed E-state index contributed by atoms with van der Waals surface area (Å²) in [6, 6.07) is 6.46. The molecule has 2 fully saturated rings. The standard InChI is InChI=1S/C14H12F2N2O2S/c15-13(16)20-11-4-2-1-3-8(11)7-10-12(19)18(9-5-6-9)14(21)17-10/h1-4,7,9,13H,5-6H2,(H,17,21)/b10-7-. The second kappa shape index (κ2) is 5.40. The number of rotatable bonds is 4. The molecule has 7 heteroatoms. The van der Waals surface area contributed by atoms with Crippen LogP contribution in [0.25, 0.3) is 6.08 Å². The van der Waals surface area contributed by atoms with E-state index in [1.807, 2.05) is 0 Å². The van der Waals surface area contributed by atoms with Gasteiger partial charge in [0.1, 0.15) is 11.4 Å². The molecule has 1 saturated heterocycles. The monoisotopic (exact) mass is 310 g/mol. The van der Waals surface area contributed by atoms with Crippen LogP contribution in [0.5, 0.6) is 5.75 Å². The average molecular weight is 310 g/mol. The predicted octanol–water partition coefficient (Wildman–Crippen LogP) is 2.51. The number of nitrogens with zero attached hydrogens (tertiary/aromatic N) is 1. The summed E-state index contributed by atoms with van der Waals surface area (Å²) in [6.45, 7) is -2.92. The van der Waals surface area contributed by atoms with Gasteiger partial charge in [0.05, 0.1) is 0 Å². The van der Waals surface area contributed by atoms with Crippen molar-refractivity contribution in [1.29, 1.82) is 0 Å². The van der Waals surface area contributed by atoms with E-state index in [2.05, 4.69) is 10.1 Å². The molecule has 1 amide bonds. The number of amides is 1. The minimum Gasteiger partial charge on any atom is -0.434 e. The lowest BCUT2D eigenvalue weighted by atomic mass is 10.1. The number of benzene rings is 1. The van der Waals surface area contributed by atoms with E-state index in [9.17, 15) is 13.6 Å². The molecule has 2 aliphatic rings. The van der Waals surface area contributed by atoms with E-state index in [4.69, 9.17) is 12.2 Å². The van der Waals surface area contributed by atoms with Crippen LogP contribution in [0.2, 0.25) is 0 Å². The Hall–Kier alpha value is -2.02. The number of hydrogen-bond acceptors (Lipinski definition) is 3. The first-order valence-electron chi connectivity index (χ1n) is 6.46. The van der Waals surface area contributed by atoms with Gasteiger partial charge in [0, 0.05) is 11.6 Å². The van der Waals surface area contributed by atoms with Gasteiger partial charge >= 0.3 is 6.61 Å². The van der Waals surface area contributed by atoms with Crippen molar-refractivity contribution in [2.75, 3.05) is 0 Å². The van der Waals surface area contributed by atoms with Crippen LogP contribution in [0.4, 0.5) is 8.78 Å². The number of carbonyl (C=O) groups is 1. The maximum Gasteiger partial charge on any atom is 0.387 e. The summed E-state index contributed by atoms with van der Waals surface area (Å²) >= 11 is 5.13. The van der Waals surface area contributed by atoms with Gasteiger partial charge in [0.25, 0.3) is 5.91 Å². The molecule has 1 heterocycles. The minimum atomic E-state index is -2.92. The summed E-state index contributed by atoms with van der Waals surface area (Å²) < 4.78 is 29.2. The lowest BCUT2D eigenvalue weighted by Gasteiger charge is -2.11. The normalized spacial score (nSPS) is 20.3. The van der Waals surface area contributed by atoms with Gasteiger partial charge in [0.15, 0.2) is 5.11 Å². The van der Waals surface area contributed by atoms with Crippen LogP contribution in [0, 0.1) is 0 Å². The van der Waals surface area contributed by atoms with Gasteiger partial charge in [-0.2, -0.15) is 8.78 Å². The van der Waals surface area contributed by atoms with E-state index < -0.39 is 6.61 Å². The molecule has 1 aliphatic carbocycles. The summed E-state index contributed by atoms with van der Waals surface area (Å²) in [5, 5.41) is 3.19. The maximum absolute atomic E-state index is 12.4. The highest BCUT2D eigenvalue weighted by atomic mass is 32.1. The van der Waals surface area contributed by atoms with Crippen LogP contribution in [-0.4, -0.2) is 28.6 Å². The van der Waals surface area contributed by atoms with Crippen molar-refractivity contribution < 1.29 is 18.3 Å². The lowest BCUT2D eigenvalue weighted by Crippen LogP contribution is -2.32. The lowest BCUT2D eigenvalue weighted by molar-refractivity contribution is -0.122. The number of alkyl halides is 2. The summed E-state index contributed by atoms with van der Waals surface area (Å²) in [4.78, 5) is 13.8. The Morgan fingerprint density at radius 3 is 2.76 bits per heavy atom. The van der Waals surface area contributed by atoms with Crippen LogP contribution in [0.15, 0.2) is 30.0 Å². The zero-order valence-electron chi connectivity index (χ0n) is 10.9. The Balaban J connectivity index is 1.88. The molecule has 0 unspecified atom stereocenters. The topological polar surface area (TPSA) is 41.6 Å². The third kappa shape index (κ3) is 2.87. The first kappa shape index (κ1) is 13.9. The fraction of sp³-hybridized carbons (Fsp3) is 0.286. The Labute approximate surface area is 125 Å². The van der Waals surface area contributed by atoms with Gasteiger partial charge < -0.3 is 10.1 Å². The Bertz CT molecular complexity index is 629. The van der Waals surface area contributed by atoms with E-state index in [1.165, 1.54) is 17.0 Å². The van der Waals surface area contributed by atoms with Gasteiger partial charge in [-0.15, -0.1) is 0 Å². The van der Waals surface area contributed by atoms with Crippen molar-refractivity contribution >= 4 is 29.3 Å². The first-order valence-corrected chi connectivity index (χ1v) is 6.87. The number of para-hydroxylation sites is 1. The molecular formula is C14H12F2N2O2S. The van der Waals surface area contributed by atoms with Gasteiger partial charge in [-0.25, -0.2) is 0 Å². The van der Waals surface area contributed by atoms with Crippen LogP contribution in [-0.2, 0) is 4.79 Å². The summed E-state index contributed by atoms with van der Waals surface area (Å²) in [5.74, 6) is -0.209. The number of thiocarbonyl (C=S) groups is 1. The van der Waals surface area contributed by atoms with Gasteiger partial charge in [0.2, 0.25) is 0 Å². The molecule has 110 valence electrons. The summed E-state index contributed by atoms with van der Waals surface area (Å²) in [5.41, 5.74) is 0.673. The molecule has 4 nitrogen and oxygen atoms in total. The van der Waals surface area contributed by atoms with Crippen molar-refractivity contribution in [1.82, 2.24) is 10.2 Å². The molecule has 0 bridgehead atoms. The molecule has 21 heavy (non-hydrogen) atoms. The number of ether oxygens (including phenoxy) is 1. The number of hydrogen-bond donors (Lipinski definition) is 1. The van der Waals surface area contributed by atoms with Crippen molar-refractivity contribution in [3.05, 3.63) is 35.5 Å². The van der Waals surface area contributed by atoms with E-state index in [-0.39, 0.29) is 23.4 Å². The fourth-order valence-electron chi connectivity index (χ4n) is 2.17. The Kier molecular flexibility index (Phi) is 3.59. The summed E-state index contributed by atoms with van der Waals surface area (Å²) in [6.07, 6.45) is 3.35. The van der Waals surface area contributed by atoms with Gasteiger partial charge in [-0.05, 0) is 37.2 Å². The smallest absolute Gasteiger partial charge is 0.387 e. The first-order chi connectivity index (χ1) is 10.1. The average Bonchev–Trinajstić information content (AvgIpc) is 3.20. The van der Waals surface area contributed by atoms with E-state index in [0.717, 1.165) is 12.8 Å². The predicted molar refractivity (Wildman–Crippen MR) is 76.7 cm³/mol. The van der Waals surface area contributed by atoms with E-state index >= 15 is 0 Å². The van der Waals surface area contributed by atoms with E-state index in [0.29, 0.717) is 10.7 Å². The van der Waals surface area contributed by atoms with Gasteiger partial charge in [-0.3, -0.25) is 9.69 Å². The SMILES string of the molecule is O=C1/C(=C/c2ccccc2OC(F)F)NC(=S)N1C1CC1. The third-order valence-electron chi connectivity index (χ3n) is 3.26. The molecule has 1 aliphatic heterocycles. The van der Waals surface area contributed by atoms with Gasteiger partial charge in [-0.1, -0.05) is 18.2 Å². The molecule has 1 N–H and O–H groups in total. The van der Waals surface area contributed by atoms with E-state index in [1.54, 1.807) is 18.2 Å². The highest BCUT2D eigenvalue weighted by molar-refractivity contribution is 7.80. The zero-order valence-corrected chi connectivity index (χ0v) is 11.7. The fourth-order valence-corrected chi connectivity index (χ4v) is 2.51. The number of carbonyl (C=O) groups excluding carboxylic acids is 1. The molecule has 3 rings (SSSR count). The summed E-state index contributed by atoms with van der Waals surface area (Å²) in [7, 11) is 0. The minimum absolute atomic E-state index is 0.0189. The van der Waals surface area contributed by atoms with Crippen LogP contribution in [0.1, 0.15) is 18.4 Å². The van der Waals surface area contributed by atoms with Crippen molar-refractivity contribution in [3.8, 4) is 5.75 Å². The molecule has 0 atom stereocenters. The molecule has 1 aromatic rings. The Morgan fingerprint density at radius 2 is 2.10 bits per heavy atom. The molecule has 0 radical (unpaired) electrons. The van der Waals surface area contributed by atoms with Crippen LogP contribution in [0.3, 0.4) is 0 Å². The highest BCUT2D eigenvalue weighted by Gasteiger charge is 2.41. The molecule has 1 aromatic carbocycles. The molecule has 0 spiro atoms. The maximum atomic E-state index is 12.4.